The highest BCUT2D eigenvalue weighted by molar-refractivity contribution is 5.94. The van der Waals surface area contributed by atoms with Gasteiger partial charge in [0.05, 0.1) is 13.2 Å². The highest BCUT2D eigenvalue weighted by Gasteiger charge is 2.03. The molecule has 1 rings (SSSR count). The van der Waals surface area contributed by atoms with Gasteiger partial charge < -0.3 is 25.4 Å². The quantitative estimate of drug-likeness (QED) is 0.576. The molecule has 7 nitrogen and oxygen atoms in total. The Balaban J connectivity index is 2.36. The summed E-state index contributed by atoms with van der Waals surface area (Å²) in [5.41, 5.74) is 1.31. The molecule has 0 aliphatic heterocycles. The molecular formula is C14H21N3O4. The molecule has 0 unspecified atom stereocenters. The van der Waals surface area contributed by atoms with Gasteiger partial charge in [-0.3, -0.25) is 9.59 Å². The maximum absolute atomic E-state index is 11.6. The topological polar surface area (TPSA) is 88.7 Å². The molecule has 0 radical (unpaired) electrons. The van der Waals surface area contributed by atoms with Gasteiger partial charge in [0.15, 0.2) is 0 Å². The lowest BCUT2D eigenvalue weighted by atomic mass is 10.2. The lowest BCUT2D eigenvalue weighted by Crippen LogP contribution is -2.30. The second-order valence-electron chi connectivity index (χ2n) is 4.28. The molecule has 7 heteroatoms. The Kier molecular flexibility index (Phi) is 8.03. The molecular weight excluding hydrogens is 274 g/mol. The fraction of sp³-hybridized carbons (Fsp3) is 0.429. The number of amides is 2. The zero-order valence-corrected chi connectivity index (χ0v) is 12.3. The summed E-state index contributed by atoms with van der Waals surface area (Å²) in [6.45, 7) is 1.40. The molecule has 0 saturated heterocycles. The van der Waals surface area contributed by atoms with E-state index in [-0.39, 0.29) is 25.0 Å². The molecule has 0 heterocycles. The van der Waals surface area contributed by atoms with Crippen molar-refractivity contribution in [1.82, 2.24) is 5.32 Å². The molecule has 3 N–H and O–H groups in total. The zero-order valence-electron chi connectivity index (χ0n) is 12.3. The molecule has 0 aromatic heterocycles. The average Bonchev–Trinajstić information content (AvgIpc) is 2.46. The van der Waals surface area contributed by atoms with Crippen molar-refractivity contribution in [3.05, 3.63) is 24.3 Å². The smallest absolute Gasteiger partial charge is 0.250 e. The van der Waals surface area contributed by atoms with E-state index >= 15 is 0 Å². The molecule has 0 atom stereocenters. The predicted octanol–water partition coefficient (Wildman–Crippen LogP) is 0.446. The Morgan fingerprint density at radius 1 is 0.952 bits per heavy atom. The van der Waals surface area contributed by atoms with Crippen molar-refractivity contribution in [1.29, 1.82) is 0 Å². The molecule has 0 bridgehead atoms. The number of anilines is 2. The second kappa shape index (κ2) is 9.87. The highest BCUT2D eigenvalue weighted by Crippen LogP contribution is 2.13. The Morgan fingerprint density at radius 2 is 1.52 bits per heavy atom. The highest BCUT2D eigenvalue weighted by atomic mass is 16.5. The largest absolute Gasteiger partial charge is 0.383 e. The van der Waals surface area contributed by atoms with E-state index in [9.17, 15) is 9.59 Å². The van der Waals surface area contributed by atoms with Crippen LogP contribution in [-0.2, 0) is 19.1 Å². The summed E-state index contributed by atoms with van der Waals surface area (Å²) in [7, 11) is 3.06. The van der Waals surface area contributed by atoms with E-state index in [0.29, 0.717) is 24.5 Å². The van der Waals surface area contributed by atoms with Gasteiger partial charge in [0.25, 0.3) is 0 Å². The minimum absolute atomic E-state index is 0.00559. The average molecular weight is 295 g/mol. The maximum atomic E-state index is 11.6. The van der Waals surface area contributed by atoms with Crippen molar-refractivity contribution >= 4 is 23.2 Å². The summed E-state index contributed by atoms with van der Waals surface area (Å²) in [5.74, 6) is -0.362. The third-order valence-electron chi connectivity index (χ3n) is 2.50. The van der Waals surface area contributed by atoms with Crippen LogP contribution in [0.5, 0.6) is 0 Å². The van der Waals surface area contributed by atoms with Crippen molar-refractivity contribution in [2.45, 2.75) is 0 Å². The number of benzene rings is 1. The first kappa shape index (κ1) is 17.1. The first-order valence-corrected chi connectivity index (χ1v) is 6.54. The van der Waals surface area contributed by atoms with Gasteiger partial charge in [0, 0.05) is 32.1 Å². The number of ether oxygens (including phenoxy) is 2. The van der Waals surface area contributed by atoms with Gasteiger partial charge in [0.1, 0.15) is 6.61 Å². The van der Waals surface area contributed by atoms with Crippen LogP contribution in [0.1, 0.15) is 0 Å². The van der Waals surface area contributed by atoms with Crippen LogP contribution in [-0.4, -0.2) is 52.3 Å². The monoisotopic (exact) mass is 295 g/mol. The first-order valence-electron chi connectivity index (χ1n) is 6.54. The molecule has 1 aromatic carbocycles. The Morgan fingerprint density at radius 3 is 2.05 bits per heavy atom. The van der Waals surface area contributed by atoms with Crippen molar-refractivity contribution in [3.63, 3.8) is 0 Å². The minimum Gasteiger partial charge on any atom is -0.383 e. The Labute approximate surface area is 124 Å². The lowest BCUT2D eigenvalue weighted by Gasteiger charge is -2.08. The molecule has 0 aliphatic rings. The molecule has 1 aromatic rings. The van der Waals surface area contributed by atoms with E-state index < -0.39 is 0 Å². The zero-order chi connectivity index (χ0) is 15.5. The third-order valence-corrected chi connectivity index (χ3v) is 2.50. The van der Waals surface area contributed by atoms with E-state index in [4.69, 9.17) is 9.47 Å². The summed E-state index contributed by atoms with van der Waals surface area (Å²) >= 11 is 0. The van der Waals surface area contributed by atoms with E-state index in [1.165, 1.54) is 7.11 Å². The minimum atomic E-state index is -0.225. The fourth-order valence-corrected chi connectivity index (χ4v) is 1.55. The Hall–Kier alpha value is -1.96. The van der Waals surface area contributed by atoms with Crippen LogP contribution in [0.4, 0.5) is 11.4 Å². The van der Waals surface area contributed by atoms with Crippen molar-refractivity contribution < 1.29 is 19.1 Å². The van der Waals surface area contributed by atoms with E-state index in [2.05, 4.69) is 16.0 Å². The number of carbonyl (C=O) groups excluding carboxylic acids is 2. The summed E-state index contributed by atoms with van der Waals surface area (Å²) < 4.78 is 9.59. The van der Waals surface area contributed by atoms with Gasteiger partial charge in [0.2, 0.25) is 11.8 Å². The Bertz CT molecular complexity index is 448. The molecule has 0 saturated carbocycles. The molecule has 0 aliphatic carbocycles. The van der Waals surface area contributed by atoms with Gasteiger partial charge in [-0.2, -0.15) is 0 Å². The van der Waals surface area contributed by atoms with Crippen molar-refractivity contribution in [2.75, 3.05) is 51.2 Å². The number of hydrogen-bond acceptors (Lipinski definition) is 5. The van der Waals surface area contributed by atoms with Crippen LogP contribution in [0.25, 0.3) is 0 Å². The van der Waals surface area contributed by atoms with Gasteiger partial charge in [-0.25, -0.2) is 0 Å². The van der Waals surface area contributed by atoms with Crippen LogP contribution in [0.15, 0.2) is 24.3 Å². The number of nitrogens with one attached hydrogen (secondary N) is 3. The number of rotatable bonds is 9. The lowest BCUT2D eigenvalue weighted by molar-refractivity contribution is -0.119. The second-order valence-corrected chi connectivity index (χ2v) is 4.28. The predicted molar refractivity (Wildman–Crippen MR) is 80.3 cm³/mol. The molecule has 0 fully saturated rings. The van der Waals surface area contributed by atoms with Gasteiger partial charge >= 0.3 is 0 Å². The summed E-state index contributed by atoms with van der Waals surface area (Å²) in [6.07, 6.45) is 0. The van der Waals surface area contributed by atoms with Crippen molar-refractivity contribution in [3.8, 4) is 0 Å². The SMILES string of the molecule is COCCNCC(=O)Nc1ccc(NC(=O)COC)cc1. The number of carbonyl (C=O) groups is 2. The van der Waals surface area contributed by atoms with Gasteiger partial charge in [-0.15, -0.1) is 0 Å². The normalized spacial score (nSPS) is 10.2. The van der Waals surface area contributed by atoms with Crippen LogP contribution in [0.2, 0.25) is 0 Å². The first-order chi connectivity index (χ1) is 10.2. The van der Waals surface area contributed by atoms with E-state index in [0.717, 1.165) is 0 Å². The van der Waals surface area contributed by atoms with Crippen LogP contribution >= 0.6 is 0 Å². The third kappa shape index (κ3) is 7.40. The van der Waals surface area contributed by atoms with Crippen LogP contribution in [0, 0.1) is 0 Å². The van der Waals surface area contributed by atoms with E-state index in [1.807, 2.05) is 0 Å². The van der Waals surface area contributed by atoms with Crippen molar-refractivity contribution in [2.24, 2.45) is 0 Å². The number of hydrogen-bond donors (Lipinski definition) is 3. The molecule has 2 amide bonds. The summed E-state index contributed by atoms with van der Waals surface area (Å²) in [4.78, 5) is 22.9. The van der Waals surface area contributed by atoms with Crippen LogP contribution < -0.4 is 16.0 Å². The van der Waals surface area contributed by atoms with E-state index in [1.54, 1.807) is 31.4 Å². The molecule has 0 spiro atoms. The summed E-state index contributed by atoms with van der Waals surface area (Å²) in [6, 6.07) is 6.86. The molecule has 116 valence electrons. The standard InChI is InChI=1S/C14H21N3O4/c1-20-8-7-15-9-13(18)16-11-3-5-12(6-4-11)17-14(19)10-21-2/h3-6,15H,7-10H2,1-2H3,(H,16,18)(H,17,19). The van der Waals surface area contributed by atoms with Gasteiger partial charge in [-0.1, -0.05) is 0 Å². The fourth-order valence-electron chi connectivity index (χ4n) is 1.55. The number of methoxy groups -OCH3 is 2. The summed E-state index contributed by atoms with van der Waals surface area (Å²) in [5, 5.41) is 8.36. The van der Waals surface area contributed by atoms with Crippen LogP contribution in [0.3, 0.4) is 0 Å². The molecule has 21 heavy (non-hydrogen) atoms. The van der Waals surface area contributed by atoms with Gasteiger partial charge in [-0.05, 0) is 24.3 Å². The maximum Gasteiger partial charge on any atom is 0.250 e.